The number of hydrogen-bond donors (Lipinski definition) is 4. The number of rotatable bonds is 22. The van der Waals surface area contributed by atoms with Crippen molar-refractivity contribution in [3.8, 4) is 6.07 Å². The lowest BCUT2D eigenvalue weighted by molar-refractivity contribution is -0.472. The monoisotopic (exact) mass is 982 g/mol. The molecular weight excluding hydrogens is 889 g/mol. The summed E-state index contributed by atoms with van der Waals surface area (Å²) in [6.07, 6.45) is 8.14. The van der Waals surface area contributed by atoms with Gasteiger partial charge in [0.2, 0.25) is 0 Å². The Bertz CT molecular complexity index is 1890. The number of nitrogens with two attached hydrogens (primary N) is 1. The van der Waals surface area contributed by atoms with Crippen molar-refractivity contribution in [1.82, 2.24) is 15.4 Å². The fourth-order valence-electron chi connectivity index (χ4n) is 7.22. The van der Waals surface area contributed by atoms with Crippen LogP contribution >= 0.6 is 11.6 Å². The first-order chi connectivity index (χ1) is 32.3. The highest BCUT2D eigenvalue weighted by molar-refractivity contribution is 6.30. The Hall–Kier alpha value is -4.28. The van der Waals surface area contributed by atoms with Gasteiger partial charge in [0.1, 0.15) is 16.8 Å². The Morgan fingerprint density at radius 3 is 1.83 bits per heavy atom. The number of ether oxygens (including phenoxy) is 1. The summed E-state index contributed by atoms with van der Waals surface area (Å²) >= 11 is 5.86. The average Bonchev–Trinajstić information content (AvgIpc) is 3.27. The molecule has 3 aromatic rings. The van der Waals surface area contributed by atoms with Crippen molar-refractivity contribution >= 4 is 29.7 Å². The number of halogens is 2. The summed E-state index contributed by atoms with van der Waals surface area (Å²) in [4.78, 5) is 15.6. The van der Waals surface area contributed by atoms with Gasteiger partial charge in [-0.25, -0.2) is 18.9 Å². The molecule has 390 valence electrons. The van der Waals surface area contributed by atoms with Crippen LogP contribution in [0.2, 0.25) is 5.15 Å². The first-order valence-electron chi connectivity index (χ1n) is 25.4. The first kappa shape index (κ1) is 64.7. The van der Waals surface area contributed by atoms with Crippen molar-refractivity contribution in [2.24, 2.45) is 41.2 Å². The van der Waals surface area contributed by atoms with E-state index in [1.807, 2.05) is 82.3 Å². The lowest BCUT2D eigenvalue weighted by Crippen LogP contribution is -2.49. The molecule has 1 heterocycles. The summed E-state index contributed by atoms with van der Waals surface area (Å²) in [5.41, 5.74) is 7.88. The molecule has 0 bridgehead atoms. The molecule has 69 heavy (non-hydrogen) atoms. The highest BCUT2D eigenvalue weighted by atomic mass is 35.5. The topological polar surface area (TPSA) is 163 Å². The lowest BCUT2D eigenvalue weighted by Gasteiger charge is -2.32. The van der Waals surface area contributed by atoms with Crippen molar-refractivity contribution in [2.45, 2.75) is 199 Å². The van der Waals surface area contributed by atoms with Crippen LogP contribution in [0.1, 0.15) is 172 Å². The minimum atomic E-state index is -0.539. The molecule has 0 fully saturated rings. The van der Waals surface area contributed by atoms with Crippen molar-refractivity contribution in [3.05, 3.63) is 99.6 Å². The van der Waals surface area contributed by atoms with E-state index in [1.165, 1.54) is 5.06 Å². The lowest BCUT2D eigenvalue weighted by atomic mass is 9.91. The van der Waals surface area contributed by atoms with Crippen LogP contribution in [0.15, 0.2) is 66.7 Å². The van der Waals surface area contributed by atoms with Gasteiger partial charge in [0.15, 0.2) is 24.4 Å². The quantitative estimate of drug-likeness (QED) is 0.0252. The third-order valence-electron chi connectivity index (χ3n) is 11.7. The molecule has 11 nitrogen and oxygen atoms in total. The van der Waals surface area contributed by atoms with Crippen molar-refractivity contribution in [1.29, 1.82) is 5.26 Å². The van der Waals surface area contributed by atoms with E-state index >= 15 is 0 Å². The largest absolute Gasteiger partial charge is 0.624 e. The molecule has 13 heteroatoms. The molecule has 7 atom stereocenters. The molecule has 0 aliphatic carbocycles. The van der Waals surface area contributed by atoms with Gasteiger partial charge in [0.05, 0.1) is 5.56 Å². The number of alkyl carbamates (subject to hydrolysis) is 1. The van der Waals surface area contributed by atoms with Crippen LogP contribution in [-0.2, 0) is 17.8 Å². The molecule has 0 unspecified atom stereocenters. The molecule has 0 radical (unpaired) electrons. The summed E-state index contributed by atoms with van der Waals surface area (Å²) in [6.45, 7) is 34.3. The zero-order valence-corrected chi connectivity index (χ0v) is 46.1. The molecule has 0 spiro atoms. The van der Waals surface area contributed by atoms with Crippen LogP contribution in [0.5, 0.6) is 0 Å². The third kappa shape index (κ3) is 29.5. The fourth-order valence-corrected chi connectivity index (χ4v) is 7.40. The molecule has 2 aromatic carbocycles. The molecular formula is C56H93ClFN7O4. The van der Waals surface area contributed by atoms with Gasteiger partial charge < -0.3 is 31.5 Å². The molecule has 0 saturated carbocycles. The normalized spacial score (nSPS) is 14.6. The van der Waals surface area contributed by atoms with Crippen LogP contribution < -0.4 is 16.4 Å². The van der Waals surface area contributed by atoms with E-state index in [1.54, 1.807) is 6.21 Å². The van der Waals surface area contributed by atoms with Gasteiger partial charge in [0, 0.05) is 42.2 Å². The smallest absolute Gasteiger partial charge is 0.407 e. The second-order valence-corrected chi connectivity index (χ2v) is 21.1. The van der Waals surface area contributed by atoms with Gasteiger partial charge >= 0.3 is 6.09 Å². The number of amides is 1. The maximum Gasteiger partial charge on any atom is 0.407 e. The van der Waals surface area contributed by atoms with Gasteiger partial charge in [-0.05, 0) is 94.1 Å². The van der Waals surface area contributed by atoms with Crippen molar-refractivity contribution < 1.29 is 23.9 Å². The van der Waals surface area contributed by atoms with Gasteiger partial charge in [-0.2, -0.15) is 10.3 Å². The van der Waals surface area contributed by atoms with Gasteiger partial charge in [-0.15, -0.1) is 0 Å². The van der Waals surface area contributed by atoms with Gasteiger partial charge in [0.25, 0.3) is 0 Å². The van der Waals surface area contributed by atoms with Gasteiger partial charge in [-0.1, -0.05) is 175 Å². The fraction of sp³-hybridized carbons (Fsp3) is 0.643. The molecule has 1 amide bonds. The van der Waals surface area contributed by atoms with E-state index in [4.69, 9.17) is 27.3 Å². The van der Waals surface area contributed by atoms with Crippen LogP contribution in [0.25, 0.3) is 0 Å². The van der Waals surface area contributed by atoms with E-state index in [0.29, 0.717) is 48.6 Å². The Labute approximate surface area is 423 Å². The zero-order valence-electron chi connectivity index (χ0n) is 45.4. The molecule has 0 aliphatic heterocycles. The maximum absolute atomic E-state index is 13.9. The van der Waals surface area contributed by atoms with Crippen LogP contribution in [0, 0.1) is 57.9 Å². The second kappa shape index (κ2) is 34.9. The summed E-state index contributed by atoms with van der Waals surface area (Å²) in [5.74, 6) is 2.49. The number of hydrogen-bond acceptors (Lipinski definition) is 9. The third-order valence-corrected chi connectivity index (χ3v) is 11.9. The molecule has 3 rings (SSSR count). The number of nitriles is 1. The number of nitrogens with one attached hydrogen (secondary N) is 2. The number of benzene rings is 2. The Balaban J connectivity index is 0.000000900. The summed E-state index contributed by atoms with van der Waals surface area (Å²) < 4.78 is 20.2. The predicted octanol–water partition coefficient (Wildman–Crippen LogP) is 14.4. The summed E-state index contributed by atoms with van der Waals surface area (Å²) in [5, 5.41) is 38.1. The summed E-state index contributed by atoms with van der Waals surface area (Å²) in [7, 11) is 0. The number of aromatic nitrogens is 1. The number of anilines is 1. The highest BCUT2D eigenvalue weighted by Gasteiger charge is 2.25. The predicted molar refractivity (Wildman–Crippen MR) is 287 cm³/mol. The van der Waals surface area contributed by atoms with Crippen molar-refractivity contribution in [3.63, 3.8) is 0 Å². The SMILES string of the molecule is CC[C@H](C)/C=[N+](\[O-])Cc1ccccc1.CC[C@H](C)[C@@H](CC(C)C)N(O)Cc1ccccc1.CC[C@H](C)[C@@H](CC(C)C)Nc1nc(Cl)c(C#N)cc1F.CC[C@H](NC(=O)OC(C)(C)C)[C@H](N)CC(C)C. The van der Waals surface area contributed by atoms with E-state index in [2.05, 4.69) is 111 Å². The van der Waals surface area contributed by atoms with Crippen LogP contribution in [0.4, 0.5) is 15.0 Å². The number of carbonyl (C=O) groups is 1. The van der Waals surface area contributed by atoms with E-state index < -0.39 is 11.4 Å². The Morgan fingerprint density at radius 1 is 0.855 bits per heavy atom. The van der Waals surface area contributed by atoms with Crippen molar-refractivity contribution in [2.75, 3.05) is 5.32 Å². The number of carbonyl (C=O) groups excluding carboxylic acids is 1. The van der Waals surface area contributed by atoms with E-state index in [0.717, 1.165) is 66.9 Å². The summed E-state index contributed by atoms with van der Waals surface area (Å²) in [6, 6.07) is 23.2. The number of pyridine rings is 1. The maximum atomic E-state index is 13.9. The van der Waals surface area contributed by atoms with E-state index in [-0.39, 0.29) is 46.8 Å². The van der Waals surface area contributed by atoms with Crippen LogP contribution in [-0.4, -0.2) is 62.1 Å². The number of nitrogens with zero attached hydrogens (tertiary/aromatic N) is 4. The standard InChI is InChI=1S/C16H27NO.C15H21ClFN3.C13H28N2O2.C12H17NO/c1-5-14(4)16(11-13(2)3)17(18)12-15-9-7-6-8-10-15;1-5-10(4)13(6-9(2)3)19-15-12(17)7-11(8-18)14(16)20-15;1-7-11(10(14)8-9(2)3)15-12(16)17-13(4,5)6;1-3-11(2)9-13(14)10-12-7-5-4-6-8-12/h6-10,13-14,16,18H,5,11-12H2,1-4H3;7,9-10,13H,5-6H2,1-4H3,(H,19,20);9-11H,7-8,14H2,1-6H3,(H,15,16);4-9,11H,3,10H2,1-2H3/b;;;13-9-/t14-,16+;10-,13+;10-,11+;11-/m0010/s1. The number of hydroxylamine groups is 3. The zero-order chi connectivity index (χ0) is 52.9. The second-order valence-electron chi connectivity index (χ2n) is 20.8. The first-order valence-corrected chi connectivity index (χ1v) is 25.8. The molecule has 0 aliphatic rings. The van der Waals surface area contributed by atoms with E-state index in [9.17, 15) is 19.6 Å². The minimum absolute atomic E-state index is 0.0208. The average molecular weight is 983 g/mol. The molecule has 5 N–H and O–H groups in total. The Morgan fingerprint density at radius 2 is 1.38 bits per heavy atom. The molecule has 1 aromatic heterocycles. The Kier molecular flexibility index (Phi) is 32.8. The molecule has 0 saturated heterocycles. The van der Waals surface area contributed by atoms with Crippen LogP contribution in [0.3, 0.4) is 0 Å². The van der Waals surface area contributed by atoms with Gasteiger partial charge in [-0.3, -0.25) is 0 Å². The highest BCUT2D eigenvalue weighted by Crippen LogP contribution is 2.25. The minimum Gasteiger partial charge on any atom is -0.624 e.